The number of halogens is 3. The largest absolute Gasteiger partial charge is 0.475 e. The predicted molar refractivity (Wildman–Crippen MR) is 58.6 cm³/mol. The molecule has 1 heterocycles. The summed E-state index contributed by atoms with van der Waals surface area (Å²) in [6.45, 7) is 1.35. The normalized spacial score (nSPS) is 11.6. The fourth-order valence-corrected chi connectivity index (χ4v) is 1.72. The van der Waals surface area contributed by atoms with Crippen LogP contribution >= 0.6 is 0 Å². The number of carbonyl (C=O) groups is 1. The molecule has 0 bridgehead atoms. The smallest absolute Gasteiger partial charge is 0.417 e. The van der Waals surface area contributed by atoms with Gasteiger partial charge < -0.3 is 9.63 Å². The van der Waals surface area contributed by atoms with Crippen LogP contribution in [0.25, 0.3) is 11.3 Å². The van der Waals surface area contributed by atoms with Gasteiger partial charge in [0.15, 0.2) is 0 Å². The Kier molecular flexibility index (Phi) is 3.05. The summed E-state index contributed by atoms with van der Waals surface area (Å²) in [7, 11) is 0. The number of carboxylic acid groups (broad SMARTS) is 1. The molecule has 0 atom stereocenters. The van der Waals surface area contributed by atoms with Crippen molar-refractivity contribution >= 4 is 5.97 Å². The topological polar surface area (TPSA) is 63.3 Å². The number of hydrogen-bond donors (Lipinski definition) is 1. The molecule has 4 nitrogen and oxygen atoms in total. The number of nitrogens with zero attached hydrogens (tertiary/aromatic N) is 1. The van der Waals surface area contributed by atoms with E-state index in [1.807, 2.05) is 0 Å². The second-order valence-corrected chi connectivity index (χ2v) is 3.83. The van der Waals surface area contributed by atoms with Crippen molar-refractivity contribution in [2.24, 2.45) is 0 Å². The Bertz CT molecular complexity index is 631. The van der Waals surface area contributed by atoms with E-state index in [-0.39, 0.29) is 16.8 Å². The van der Waals surface area contributed by atoms with Crippen LogP contribution in [0.3, 0.4) is 0 Å². The molecule has 19 heavy (non-hydrogen) atoms. The zero-order valence-electron chi connectivity index (χ0n) is 9.65. The third-order valence-corrected chi connectivity index (χ3v) is 2.61. The number of benzene rings is 1. The molecule has 2 rings (SSSR count). The summed E-state index contributed by atoms with van der Waals surface area (Å²) in [5, 5.41) is 12.2. The van der Waals surface area contributed by atoms with Crippen LogP contribution in [-0.4, -0.2) is 16.2 Å². The van der Waals surface area contributed by atoms with Gasteiger partial charge in [0.1, 0.15) is 5.69 Å². The molecule has 0 fully saturated rings. The van der Waals surface area contributed by atoms with Gasteiger partial charge in [-0.05, 0) is 13.0 Å². The quantitative estimate of drug-likeness (QED) is 0.909. The van der Waals surface area contributed by atoms with Gasteiger partial charge in [0.2, 0.25) is 5.76 Å². The van der Waals surface area contributed by atoms with Gasteiger partial charge in [-0.2, -0.15) is 13.2 Å². The van der Waals surface area contributed by atoms with Crippen molar-refractivity contribution in [1.82, 2.24) is 5.16 Å². The van der Waals surface area contributed by atoms with Gasteiger partial charge in [-0.3, -0.25) is 0 Å². The molecule has 0 unspecified atom stereocenters. The zero-order valence-corrected chi connectivity index (χ0v) is 9.65. The second kappa shape index (κ2) is 4.42. The lowest BCUT2D eigenvalue weighted by atomic mass is 10.0. The zero-order chi connectivity index (χ0) is 14.2. The predicted octanol–water partition coefficient (Wildman–Crippen LogP) is 3.37. The van der Waals surface area contributed by atoms with Gasteiger partial charge in [-0.15, -0.1) is 0 Å². The lowest BCUT2D eigenvalue weighted by molar-refractivity contribution is -0.137. The Morgan fingerprint density at radius 3 is 2.47 bits per heavy atom. The van der Waals surface area contributed by atoms with Crippen LogP contribution in [-0.2, 0) is 6.18 Å². The second-order valence-electron chi connectivity index (χ2n) is 3.83. The van der Waals surface area contributed by atoms with Crippen molar-refractivity contribution in [3.63, 3.8) is 0 Å². The number of aromatic nitrogens is 1. The Morgan fingerprint density at radius 1 is 1.32 bits per heavy atom. The molecule has 7 heteroatoms. The summed E-state index contributed by atoms with van der Waals surface area (Å²) in [4.78, 5) is 10.8. The van der Waals surface area contributed by atoms with E-state index in [0.29, 0.717) is 0 Å². The summed E-state index contributed by atoms with van der Waals surface area (Å²) >= 11 is 0. The van der Waals surface area contributed by atoms with E-state index in [1.165, 1.54) is 25.1 Å². The molecule has 1 aromatic carbocycles. The van der Waals surface area contributed by atoms with Gasteiger partial charge in [0, 0.05) is 11.1 Å². The minimum absolute atomic E-state index is 0.0594. The molecule has 0 aliphatic heterocycles. The molecule has 0 saturated carbocycles. The van der Waals surface area contributed by atoms with E-state index in [1.54, 1.807) is 0 Å². The minimum Gasteiger partial charge on any atom is -0.475 e. The first kappa shape index (κ1) is 13.1. The standard InChI is InChI=1S/C12H8F3NO3/c1-6-9(16-19-10(6)11(17)18)7-4-2-3-5-8(7)12(13,14)15/h2-5H,1H3,(H,17,18). The molecule has 0 amide bonds. The van der Waals surface area contributed by atoms with E-state index in [0.717, 1.165) is 6.07 Å². The molecular weight excluding hydrogens is 263 g/mol. The third kappa shape index (κ3) is 2.31. The highest BCUT2D eigenvalue weighted by molar-refractivity contribution is 5.88. The van der Waals surface area contributed by atoms with Crippen molar-refractivity contribution in [3.8, 4) is 11.3 Å². The van der Waals surface area contributed by atoms with Gasteiger partial charge >= 0.3 is 12.1 Å². The maximum atomic E-state index is 12.9. The average molecular weight is 271 g/mol. The van der Waals surface area contributed by atoms with Crippen LogP contribution in [0.5, 0.6) is 0 Å². The molecule has 1 N–H and O–H groups in total. The van der Waals surface area contributed by atoms with Crippen molar-refractivity contribution < 1.29 is 27.6 Å². The maximum absolute atomic E-state index is 12.9. The molecule has 0 radical (unpaired) electrons. The fourth-order valence-electron chi connectivity index (χ4n) is 1.72. The van der Waals surface area contributed by atoms with Crippen LogP contribution in [0.15, 0.2) is 28.8 Å². The lowest BCUT2D eigenvalue weighted by Gasteiger charge is -2.10. The summed E-state index contributed by atoms with van der Waals surface area (Å²) < 4.78 is 43.1. The molecule has 0 saturated heterocycles. The highest BCUT2D eigenvalue weighted by Gasteiger charge is 2.35. The monoisotopic (exact) mass is 271 g/mol. The number of alkyl halides is 3. The Labute approximate surface area is 105 Å². The van der Waals surface area contributed by atoms with Gasteiger partial charge in [0.05, 0.1) is 5.56 Å². The van der Waals surface area contributed by atoms with Gasteiger partial charge in [0.25, 0.3) is 0 Å². The molecule has 0 aliphatic carbocycles. The Morgan fingerprint density at radius 2 is 1.95 bits per heavy atom. The van der Waals surface area contributed by atoms with Crippen molar-refractivity contribution in [3.05, 3.63) is 41.2 Å². The summed E-state index contributed by atoms with van der Waals surface area (Å²) in [5.41, 5.74) is -1.15. The maximum Gasteiger partial charge on any atom is 0.417 e. The molecule has 0 spiro atoms. The van der Waals surface area contributed by atoms with E-state index < -0.39 is 23.5 Å². The summed E-state index contributed by atoms with van der Waals surface area (Å²) in [6, 6.07) is 4.79. The van der Waals surface area contributed by atoms with Crippen LogP contribution in [0.2, 0.25) is 0 Å². The number of aromatic carboxylic acids is 1. The lowest BCUT2D eigenvalue weighted by Crippen LogP contribution is -2.07. The number of rotatable bonds is 2. The average Bonchev–Trinajstić information content (AvgIpc) is 2.70. The van der Waals surface area contributed by atoms with E-state index in [4.69, 9.17) is 5.11 Å². The third-order valence-electron chi connectivity index (χ3n) is 2.61. The first-order valence-corrected chi connectivity index (χ1v) is 5.18. The molecule has 0 aliphatic rings. The number of hydrogen-bond acceptors (Lipinski definition) is 3. The van der Waals surface area contributed by atoms with Crippen LogP contribution in [0.1, 0.15) is 21.7 Å². The van der Waals surface area contributed by atoms with Gasteiger partial charge in [-0.25, -0.2) is 4.79 Å². The van der Waals surface area contributed by atoms with Crippen LogP contribution in [0.4, 0.5) is 13.2 Å². The van der Waals surface area contributed by atoms with Crippen molar-refractivity contribution in [2.75, 3.05) is 0 Å². The number of carboxylic acids is 1. The van der Waals surface area contributed by atoms with E-state index in [2.05, 4.69) is 9.68 Å². The fraction of sp³-hybridized carbons (Fsp3) is 0.167. The van der Waals surface area contributed by atoms with E-state index in [9.17, 15) is 18.0 Å². The first-order chi connectivity index (χ1) is 8.82. The van der Waals surface area contributed by atoms with Crippen molar-refractivity contribution in [1.29, 1.82) is 0 Å². The molecule has 100 valence electrons. The Hall–Kier alpha value is -2.31. The minimum atomic E-state index is -4.55. The highest BCUT2D eigenvalue weighted by Crippen LogP contribution is 2.37. The first-order valence-electron chi connectivity index (χ1n) is 5.18. The molecule has 1 aromatic heterocycles. The summed E-state index contributed by atoms with van der Waals surface area (Å²) in [6.07, 6.45) is -4.55. The Balaban J connectivity index is 2.64. The molecular formula is C12H8F3NO3. The summed E-state index contributed by atoms with van der Waals surface area (Å²) in [5.74, 6) is -1.84. The highest BCUT2D eigenvalue weighted by atomic mass is 19.4. The van der Waals surface area contributed by atoms with Gasteiger partial charge in [-0.1, -0.05) is 23.4 Å². The van der Waals surface area contributed by atoms with E-state index >= 15 is 0 Å². The SMILES string of the molecule is Cc1c(-c2ccccc2C(F)(F)F)noc1C(=O)O. The van der Waals surface area contributed by atoms with Crippen molar-refractivity contribution in [2.45, 2.75) is 13.1 Å². The van der Waals surface area contributed by atoms with Crippen LogP contribution < -0.4 is 0 Å². The van der Waals surface area contributed by atoms with Crippen LogP contribution in [0, 0.1) is 6.92 Å². The molecule has 2 aromatic rings.